The normalized spacial score (nSPS) is 15.6. The Morgan fingerprint density at radius 2 is 1.74 bits per heavy atom. The molecule has 0 N–H and O–H groups in total. The average molecular weight is 391 g/mol. The van der Waals surface area contributed by atoms with Crippen molar-refractivity contribution in [2.24, 2.45) is 0 Å². The maximum atomic E-state index is 13.0. The third-order valence-corrected chi connectivity index (χ3v) is 3.47. The summed E-state index contributed by atoms with van der Waals surface area (Å²) in [6, 6.07) is 6.41. The van der Waals surface area contributed by atoms with E-state index >= 15 is 0 Å². The molecule has 1 aromatic carbocycles. The number of hydroxylamine groups is 2. The van der Waals surface area contributed by atoms with Crippen LogP contribution in [0.4, 0.5) is 18.0 Å². The summed E-state index contributed by atoms with van der Waals surface area (Å²) in [4.78, 5) is 38.3. The highest BCUT2D eigenvalue weighted by molar-refractivity contribution is 6.01. The Hall–Kier alpha value is -2.82. The molecule has 2 amide bonds. The second-order valence-electron chi connectivity index (χ2n) is 5.43. The Bertz CT molecular complexity index is 674. The first-order chi connectivity index (χ1) is 12.7. The molecule has 1 unspecified atom stereocenters. The summed E-state index contributed by atoms with van der Waals surface area (Å²) < 4.78 is 53.1. The van der Waals surface area contributed by atoms with Crippen LogP contribution in [0, 0.1) is 0 Å². The van der Waals surface area contributed by atoms with Crippen LogP contribution in [-0.4, -0.2) is 49.0 Å². The first-order valence-electron chi connectivity index (χ1n) is 7.72. The molecule has 1 fully saturated rings. The molecule has 1 aliphatic heterocycles. The number of carbonyl (C=O) groups excluding carboxylic acids is 3. The Balaban J connectivity index is 1.87. The van der Waals surface area contributed by atoms with Crippen molar-refractivity contribution in [2.75, 3.05) is 13.7 Å². The van der Waals surface area contributed by atoms with Gasteiger partial charge in [-0.2, -0.15) is 13.2 Å². The molecule has 1 aromatic rings. The van der Waals surface area contributed by atoms with Crippen LogP contribution in [-0.2, 0) is 30.5 Å². The van der Waals surface area contributed by atoms with Gasteiger partial charge in [0.1, 0.15) is 5.75 Å². The number of hydrogen-bond acceptors (Lipinski definition) is 7. The highest BCUT2D eigenvalue weighted by atomic mass is 19.4. The molecule has 27 heavy (non-hydrogen) atoms. The molecule has 0 aromatic heterocycles. The lowest BCUT2D eigenvalue weighted by atomic mass is 10.2. The Labute approximate surface area is 151 Å². The number of halogens is 3. The number of ether oxygens (including phenoxy) is 3. The van der Waals surface area contributed by atoms with Crippen molar-refractivity contribution in [1.29, 1.82) is 0 Å². The minimum atomic E-state index is -4.93. The number of methoxy groups -OCH3 is 1. The summed E-state index contributed by atoms with van der Waals surface area (Å²) in [6.45, 7) is -1.16. The van der Waals surface area contributed by atoms with Crippen LogP contribution in [0.25, 0.3) is 0 Å². The van der Waals surface area contributed by atoms with Gasteiger partial charge in [-0.3, -0.25) is 14.4 Å². The van der Waals surface area contributed by atoms with Gasteiger partial charge >= 0.3 is 12.3 Å². The molecular formula is C16H16F3NO7. The van der Waals surface area contributed by atoms with Crippen LogP contribution < -0.4 is 4.74 Å². The van der Waals surface area contributed by atoms with Crippen molar-refractivity contribution < 1.29 is 46.6 Å². The lowest BCUT2D eigenvalue weighted by Gasteiger charge is -2.21. The van der Waals surface area contributed by atoms with Crippen LogP contribution in [0.15, 0.2) is 24.3 Å². The lowest BCUT2D eigenvalue weighted by molar-refractivity contribution is -0.231. The van der Waals surface area contributed by atoms with Crippen molar-refractivity contribution in [2.45, 2.75) is 31.7 Å². The average Bonchev–Trinajstić information content (AvgIpc) is 2.92. The number of rotatable bonds is 7. The molecule has 1 saturated heterocycles. The standard InChI is InChI=1S/C16H16F3NO7/c1-24-11-4-2-10(3-5-11)8-25-9-12(16(17,18)19)26-15(23)27-20-13(21)6-7-14(20)22/h2-5,12H,6-9H2,1H3. The van der Waals surface area contributed by atoms with Gasteiger partial charge in [0, 0.05) is 12.8 Å². The Kier molecular flexibility index (Phi) is 6.61. The second kappa shape index (κ2) is 8.71. The molecule has 1 atom stereocenters. The Morgan fingerprint density at radius 3 is 2.26 bits per heavy atom. The molecule has 1 aliphatic rings. The first kappa shape index (κ1) is 20.5. The molecule has 1 heterocycles. The van der Waals surface area contributed by atoms with E-state index in [4.69, 9.17) is 9.47 Å². The summed E-state index contributed by atoms with van der Waals surface area (Å²) in [5, 5.41) is 0.0913. The zero-order chi connectivity index (χ0) is 20.0. The third-order valence-electron chi connectivity index (χ3n) is 3.47. The fourth-order valence-electron chi connectivity index (χ4n) is 2.07. The molecule has 0 aliphatic carbocycles. The fraction of sp³-hybridized carbons (Fsp3) is 0.438. The van der Waals surface area contributed by atoms with Gasteiger partial charge in [-0.05, 0) is 17.7 Å². The molecule has 0 bridgehead atoms. The van der Waals surface area contributed by atoms with E-state index in [0.29, 0.717) is 11.3 Å². The van der Waals surface area contributed by atoms with Crippen LogP contribution in [0.1, 0.15) is 18.4 Å². The van der Waals surface area contributed by atoms with Crippen LogP contribution in [0.3, 0.4) is 0 Å². The lowest BCUT2D eigenvalue weighted by Crippen LogP contribution is -2.40. The van der Waals surface area contributed by atoms with Gasteiger partial charge in [0.05, 0.1) is 20.3 Å². The van der Waals surface area contributed by atoms with Crippen molar-refractivity contribution in [3.05, 3.63) is 29.8 Å². The van der Waals surface area contributed by atoms with E-state index in [-0.39, 0.29) is 24.5 Å². The van der Waals surface area contributed by atoms with E-state index in [9.17, 15) is 27.6 Å². The van der Waals surface area contributed by atoms with Gasteiger partial charge in [-0.25, -0.2) is 4.79 Å². The maximum absolute atomic E-state index is 13.0. The number of amides is 2. The largest absolute Gasteiger partial charge is 0.534 e. The van der Waals surface area contributed by atoms with Crippen molar-refractivity contribution in [3.8, 4) is 5.75 Å². The fourth-order valence-corrected chi connectivity index (χ4v) is 2.07. The molecule has 2 rings (SSSR count). The highest BCUT2D eigenvalue weighted by Gasteiger charge is 2.44. The van der Waals surface area contributed by atoms with E-state index < -0.39 is 36.9 Å². The minimum Gasteiger partial charge on any atom is -0.497 e. The van der Waals surface area contributed by atoms with Crippen molar-refractivity contribution in [3.63, 3.8) is 0 Å². The highest BCUT2D eigenvalue weighted by Crippen LogP contribution is 2.25. The quantitative estimate of drug-likeness (QED) is 0.521. The molecule has 148 valence electrons. The predicted octanol–water partition coefficient (Wildman–Crippen LogP) is 2.36. The zero-order valence-electron chi connectivity index (χ0n) is 14.2. The van der Waals surface area contributed by atoms with Crippen molar-refractivity contribution >= 4 is 18.0 Å². The molecule has 0 radical (unpaired) electrons. The van der Waals surface area contributed by atoms with E-state index in [1.807, 2.05) is 0 Å². The topological polar surface area (TPSA) is 91.4 Å². The van der Waals surface area contributed by atoms with Crippen LogP contribution in [0.5, 0.6) is 5.75 Å². The molecular weight excluding hydrogens is 375 g/mol. The summed E-state index contributed by atoms with van der Waals surface area (Å²) in [5.41, 5.74) is 0.576. The van der Waals surface area contributed by atoms with Gasteiger partial charge in [0.25, 0.3) is 11.8 Å². The molecule has 0 spiro atoms. The number of carbonyl (C=O) groups is 3. The Morgan fingerprint density at radius 1 is 1.15 bits per heavy atom. The smallest absolute Gasteiger partial charge is 0.497 e. The SMILES string of the molecule is COc1ccc(COCC(OC(=O)ON2C(=O)CCC2=O)C(F)(F)F)cc1. The van der Waals surface area contributed by atoms with Crippen LogP contribution in [0.2, 0.25) is 0 Å². The molecule has 8 nitrogen and oxygen atoms in total. The summed E-state index contributed by atoms with van der Waals surface area (Å²) in [5.74, 6) is -1.10. The van der Waals surface area contributed by atoms with E-state index in [1.54, 1.807) is 24.3 Å². The maximum Gasteiger partial charge on any atom is 0.534 e. The summed E-state index contributed by atoms with van der Waals surface area (Å²) >= 11 is 0. The predicted molar refractivity (Wildman–Crippen MR) is 81.1 cm³/mol. The van der Waals surface area contributed by atoms with Gasteiger partial charge in [-0.15, -0.1) is 0 Å². The van der Waals surface area contributed by atoms with E-state index in [2.05, 4.69) is 9.57 Å². The first-order valence-corrected chi connectivity index (χ1v) is 7.72. The number of imide groups is 1. The van der Waals surface area contributed by atoms with Crippen molar-refractivity contribution in [1.82, 2.24) is 5.06 Å². The number of benzene rings is 1. The summed E-state index contributed by atoms with van der Waals surface area (Å²) in [6.07, 6.45) is -9.78. The van der Waals surface area contributed by atoms with Gasteiger partial charge in [0.2, 0.25) is 6.10 Å². The molecule has 0 saturated carbocycles. The second-order valence-corrected chi connectivity index (χ2v) is 5.43. The minimum absolute atomic E-state index is 0.0913. The monoisotopic (exact) mass is 391 g/mol. The van der Waals surface area contributed by atoms with Gasteiger partial charge in [0.15, 0.2) is 0 Å². The number of nitrogens with zero attached hydrogens (tertiary/aromatic N) is 1. The van der Waals surface area contributed by atoms with E-state index in [1.165, 1.54) is 7.11 Å². The van der Waals surface area contributed by atoms with Gasteiger partial charge < -0.3 is 14.2 Å². The molecule has 11 heteroatoms. The number of alkyl halides is 3. The summed E-state index contributed by atoms with van der Waals surface area (Å²) in [7, 11) is 1.47. The third kappa shape index (κ3) is 5.84. The van der Waals surface area contributed by atoms with Crippen LogP contribution >= 0.6 is 0 Å². The zero-order valence-corrected chi connectivity index (χ0v) is 14.2. The number of hydrogen-bond donors (Lipinski definition) is 0. The van der Waals surface area contributed by atoms with Gasteiger partial charge in [-0.1, -0.05) is 17.2 Å². The van der Waals surface area contributed by atoms with E-state index in [0.717, 1.165) is 0 Å².